The van der Waals surface area contributed by atoms with Gasteiger partial charge in [-0.3, -0.25) is 9.69 Å². The fourth-order valence-corrected chi connectivity index (χ4v) is 6.24. The number of hydrogen-bond acceptors (Lipinski definition) is 4. The van der Waals surface area contributed by atoms with E-state index in [2.05, 4.69) is 0 Å². The third-order valence-electron chi connectivity index (χ3n) is 3.36. The van der Waals surface area contributed by atoms with Gasteiger partial charge in [0.05, 0.1) is 22.8 Å². The first-order valence-corrected chi connectivity index (χ1v) is 8.43. The Morgan fingerprint density at radius 3 is 2.56 bits per heavy atom. The highest BCUT2D eigenvalue weighted by atomic mass is 32.2. The highest BCUT2D eigenvalue weighted by Crippen LogP contribution is 2.40. The topological polar surface area (TPSA) is 54.5 Å². The van der Waals surface area contributed by atoms with Crippen LogP contribution >= 0.6 is 11.8 Å². The predicted octanol–water partition coefficient (Wildman–Crippen LogP) is 1.83. The van der Waals surface area contributed by atoms with E-state index in [0.29, 0.717) is 0 Å². The molecule has 2 aliphatic heterocycles. The Balaban J connectivity index is 1.96. The van der Waals surface area contributed by atoms with Crippen LogP contribution in [0.2, 0.25) is 0 Å². The number of nitrogens with zero attached hydrogens (tertiary/aromatic N) is 1. The van der Waals surface area contributed by atoms with Gasteiger partial charge in [-0.2, -0.15) is 0 Å². The summed E-state index contributed by atoms with van der Waals surface area (Å²) in [5.74, 6) is 0.209. The third-order valence-corrected chi connectivity index (χ3v) is 6.47. The Labute approximate surface area is 110 Å². The van der Waals surface area contributed by atoms with Gasteiger partial charge < -0.3 is 0 Å². The fourth-order valence-electron chi connectivity index (χ4n) is 2.47. The van der Waals surface area contributed by atoms with Crippen LogP contribution in [0.25, 0.3) is 0 Å². The average molecular weight is 283 g/mol. The number of anilines is 1. The Hall–Kier alpha value is -1.01. The number of benzene rings is 1. The number of thioether (sulfide) groups is 1. The molecule has 0 N–H and O–H groups in total. The van der Waals surface area contributed by atoms with Gasteiger partial charge in [-0.15, -0.1) is 0 Å². The molecule has 2 fully saturated rings. The zero-order valence-corrected chi connectivity index (χ0v) is 11.5. The van der Waals surface area contributed by atoms with E-state index < -0.39 is 9.84 Å². The van der Waals surface area contributed by atoms with Crippen molar-refractivity contribution in [1.82, 2.24) is 0 Å². The van der Waals surface area contributed by atoms with Crippen molar-refractivity contribution in [2.45, 2.75) is 18.2 Å². The van der Waals surface area contributed by atoms with Gasteiger partial charge in [0.1, 0.15) is 0 Å². The largest absolute Gasteiger partial charge is 0.298 e. The molecule has 2 heterocycles. The van der Waals surface area contributed by atoms with E-state index in [1.54, 1.807) is 4.90 Å². The predicted molar refractivity (Wildman–Crippen MR) is 72.9 cm³/mol. The molecule has 2 saturated heterocycles. The molecule has 3 rings (SSSR count). The van der Waals surface area contributed by atoms with E-state index in [4.69, 9.17) is 0 Å². The molecule has 0 saturated carbocycles. The third kappa shape index (κ3) is 1.93. The number of aryl methyl sites for hydroxylation is 1. The van der Waals surface area contributed by atoms with Gasteiger partial charge >= 0.3 is 0 Å². The Morgan fingerprint density at radius 1 is 1.22 bits per heavy atom. The van der Waals surface area contributed by atoms with Gasteiger partial charge in [-0.25, -0.2) is 8.42 Å². The molecule has 0 radical (unpaired) electrons. The number of hydrogen-bond donors (Lipinski definition) is 0. The van der Waals surface area contributed by atoms with E-state index in [0.717, 1.165) is 23.0 Å². The molecule has 1 amide bonds. The molecule has 0 spiro atoms. The summed E-state index contributed by atoms with van der Waals surface area (Å²) in [6.45, 7) is 1.98. The zero-order chi connectivity index (χ0) is 12.9. The fraction of sp³-hybridized carbons (Fsp3) is 0.417. The summed E-state index contributed by atoms with van der Waals surface area (Å²) in [6, 6.07) is 7.42. The van der Waals surface area contributed by atoms with Gasteiger partial charge in [-0.1, -0.05) is 29.5 Å². The highest BCUT2D eigenvalue weighted by molar-refractivity contribution is 8.15. The molecule has 0 bridgehead atoms. The quantitative estimate of drug-likeness (QED) is 0.789. The number of carbonyl (C=O) groups excluding carboxylic acids is 1. The molecule has 1 aromatic carbocycles. The normalized spacial score (nSPS) is 29.6. The Bertz CT molecular complexity index is 594. The minimum absolute atomic E-state index is 0.0382. The van der Waals surface area contributed by atoms with Crippen LogP contribution in [-0.4, -0.2) is 36.5 Å². The average Bonchev–Trinajstić information content (AvgIpc) is 2.70. The second-order valence-corrected chi connectivity index (χ2v) is 8.12. The second-order valence-electron chi connectivity index (χ2n) is 4.77. The van der Waals surface area contributed by atoms with Crippen LogP contribution in [0.5, 0.6) is 0 Å². The summed E-state index contributed by atoms with van der Waals surface area (Å²) >= 11 is 1.15. The number of fused-ring (bicyclic) bond motifs is 1. The monoisotopic (exact) mass is 283 g/mol. The van der Waals surface area contributed by atoms with E-state index in [1.165, 1.54) is 0 Å². The van der Waals surface area contributed by atoms with E-state index >= 15 is 0 Å². The summed E-state index contributed by atoms with van der Waals surface area (Å²) in [6.07, 6.45) is 0. The van der Waals surface area contributed by atoms with Crippen molar-refractivity contribution in [2.24, 2.45) is 0 Å². The van der Waals surface area contributed by atoms with Crippen LogP contribution in [0.4, 0.5) is 10.5 Å². The van der Waals surface area contributed by atoms with Gasteiger partial charge in [-0.05, 0) is 19.1 Å². The number of sulfone groups is 1. The summed E-state index contributed by atoms with van der Waals surface area (Å²) in [4.78, 5) is 13.6. The second kappa shape index (κ2) is 3.99. The molecule has 0 unspecified atom stereocenters. The minimum atomic E-state index is -2.99. The lowest BCUT2D eigenvalue weighted by atomic mass is 10.1. The number of rotatable bonds is 1. The van der Waals surface area contributed by atoms with Crippen LogP contribution in [0.1, 0.15) is 5.56 Å². The molecule has 0 aromatic heterocycles. The van der Waals surface area contributed by atoms with Crippen molar-refractivity contribution in [3.8, 4) is 0 Å². The first kappa shape index (κ1) is 12.0. The van der Waals surface area contributed by atoms with E-state index in [1.807, 2.05) is 31.2 Å². The van der Waals surface area contributed by atoms with Crippen molar-refractivity contribution in [3.63, 3.8) is 0 Å². The van der Waals surface area contributed by atoms with Gasteiger partial charge in [0.25, 0.3) is 5.24 Å². The maximum atomic E-state index is 12.0. The van der Waals surface area contributed by atoms with Gasteiger partial charge in [0, 0.05) is 5.69 Å². The molecule has 2 atom stereocenters. The number of amides is 1. The van der Waals surface area contributed by atoms with Crippen molar-refractivity contribution in [1.29, 1.82) is 0 Å². The van der Waals surface area contributed by atoms with Crippen LogP contribution in [-0.2, 0) is 9.84 Å². The number of carbonyl (C=O) groups is 1. The lowest BCUT2D eigenvalue weighted by molar-refractivity contribution is 0.265. The maximum absolute atomic E-state index is 12.0. The van der Waals surface area contributed by atoms with Crippen molar-refractivity contribution < 1.29 is 13.2 Å². The molecule has 4 nitrogen and oxygen atoms in total. The lowest BCUT2D eigenvalue weighted by Gasteiger charge is -2.22. The SMILES string of the molecule is Cc1ccc(N2C(=O)S[C@@H]3CS(=O)(=O)C[C@H]32)cc1. The summed E-state index contributed by atoms with van der Waals surface area (Å²) in [5, 5.41) is -0.146. The highest BCUT2D eigenvalue weighted by Gasteiger charge is 2.50. The maximum Gasteiger partial charge on any atom is 0.286 e. The molecule has 96 valence electrons. The summed E-state index contributed by atoms with van der Waals surface area (Å²) < 4.78 is 23.3. The molecule has 1 aromatic rings. The Kier molecular flexibility index (Phi) is 2.67. The van der Waals surface area contributed by atoms with Crippen molar-refractivity contribution in [2.75, 3.05) is 16.4 Å². The van der Waals surface area contributed by atoms with Crippen LogP contribution in [0.15, 0.2) is 24.3 Å². The molecule has 18 heavy (non-hydrogen) atoms. The van der Waals surface area contributed by atoms with Crippen molar-refractivity contribution >= 4 is 32.5 Å². The van der Waals surface area contributed by atoms with Crippen LogP contribution in [0.3, 0.4) is 0 Å². The first-order valence-electron chi connectivity index (χ1n) is 5.73. The first-order chi connectivity index (χ1) is 8.46. The standard InChI is InChI=1S/C12H13NO3S2/c1-8-2-4-9(5-3-8)13-10-6-18(15,16)7-11(10)17-12(13)14/h2-5,10-11H,6-7H2,1H3/t10-,11-/m1/s1. The van der Waals surface area contributed by atoms with Crippen molar-refractivity contribution in [3.05, 3.63) is 29.8 Å². The molecule has 0 aliphatic carbocycles. The van der Waals surface area contributed by atoms with E-state index in [9.17, 15) is 13.2 Å². The Morgan fingerprint density at radius 2 is 1.89 bits per heavy atom. The zero-order valence-electron chi connectivity index (χ0n) is 9.87. The van der Waals surface area contributed by atoms with Crippen LogP contribution < -0.4 is 4.90 Å². The smallest absolute Gasteiger partial charge is 0.286 e. The molecule has 6 heteroatoms. The summed E-state index contributed by atoms with van der Waals surface area (Å²) in [5.41, 5.74) is 1.91. The lowest BCUT2D eigenvalue weighted by Crippen LogP contribution is -2.36. The summed E-state index contributed by atoms with van der Waals surface area (Å²) in [7, 11) is -2.99. The molecular weight excluding hydrogens is 270 g/mol. The molecular formula is C12H13NO3S2. The van der Waals surface area contributed by atoms with Crippen LogP contribution in [0, 0.1) is 6.92 Å². The van der Waals surface area contributed by atoms with Gasteiger partial charge in [0.15, 0.2) is 9.84 Å². The van der Waals surface area contributed by atoms with Gasteiger partial charge in [0.2, 0.25) is 0 Å². The molecule has 2 aliphatic rings. The van der Waals surface area contributed by atoms with E-state index in [-0.39, 0.29) is 28.0 Å². The minimum Gasteiger partial charge on any atom is -0.298 e.